The standard InChI is InChI=1S/C28H40N2O3S/c1-5-6-9-23(31)18-29(14-11-21(2)3)19-28(32)30-15-12-27-25(13-16-34-27)26(30)20-33-24-10-7-8-22(4)17-24/h5,7-8,10,13,16-17,21,23,26,31H,1,6,9,11-12,14-15,18-20H2,2-4H3/t23-,26+/m1/s1. The summed E-state index contributed by atoms with van der Waals surface area (Å²) in [5, 5.41) is 12.6. The van der Waals surface area contributed by atoms with Crippen LogP contribution >= 0.6 is 11.3 Å². The lowest BCUT2D eigenvalue weighted by molar-refractivity contribution is -0.136. The highest BCUT2D eigenvalue weighted by molar-refractivity contribution is 7.10. The van der Waals surface area contributed by atoms with E-state index in [1.165, 1.54) is 10.4 Å². The maximum absolute atomic E-state index is 13.6. The van der Waals surface area contributed by atoms with Crippen molar-refractivity contribution in [1.29, 1.82) is 0 Å². The van der Waals surface area contributed by atoms with Crippen LogP contribution in [0.2, 0.25) is 0 Å². The summed E-state index contributed by atoms with van der Waals surface area (Å²) in [5.74, 6) is 1.48. The van der Waals surface area contributed by atoms with Crippen molar-refractivity contribution < 1.29 is 14.6 Å². The van der Waals surface area contributed by atoms with E-state index in [0.717, 1.165) is 37.1 Å². The highest BCUT2D eigenvalue weighted by Crippen LogP contribution is 2.34. The van der Waals surface area contributed by atoms with Crippen LogP contribution < -0.4 is 4.74 Å². The van der Waals surface area contributed by atoms with Gasteiger partial charge in [0.05, 0.1) is 18.7 Å². The van der Waals surface area contributed by atoms with E-state index >= 15 is 0 Å². The van der Waals surface area contributed by atoms with E-state index in [2.05, 4.69) is 49.8 Å². The van der Waals surface area contributed by atoms with Gasteiger partial charge in [-0.25, -0.2) is 0 Å². The first-order valence-corrected chi connectivity index (χ1v) is 13.3. The lowest BCUT2D eigenvalue weighted by Gasteiger charge is -2.37. The van der Waals surface area contributed by atoms with Crippen LogP contribution in [0, 0.1) is 12.8 Å². The van der Waals surface area contributed by atoms with Crippen LogP contribution in [0.1, 0.15) is 55.2 Å². The molecule has 0 spiro atoms. The third kappa shape index (κ3) is 7.69. The predicted molar refractivity (Wildman–Crippen MR) is 140 cm³/mol. The lowest BCUT2D eigenvalue weighted by atomic mass is 10.00. The fourth-order valence-electron chi connectivity index (χ4n) is 4.41. The molecule has 6 heteroatoms. The second-order valence-electron chi connectivity index (χ2n) is 9.72. The molecule has 5 nitrogen and oxygen atoms in total. The molecule has 2 atom stereocenters. The molecule has 3 rings (SSSR count). The van der Waals surface area contributed by atoms with Gasteiger partial charge in [0.15, 0.2) is 0 Å². The Morgan fingerprint density at radius 1 is 1.35 bits per heavy atom. The zero-order valence-corrected chi connectivity index (χ0v) is 21.7. The van der Waals surface area contributed by atoms with Crippen molar-refractivity contribution in [3.05, 3.63) is 64.4 Å². The molecule has 34 heavy (non-hydrogen) atoms. The Kier molecular flexibility index (Phi) is 10.2. The fourth-order valence-corrected chi connectivity index (χ4v) is 5.34. The van der Waals surface area contributed by atoms with Gasteiger partial charge in [0.25, 0.3) is 0 Å². The molecular formula is C28H40N2O3S. The minimum atomic E-state index is -0.455. The van der Waals surface area contributed by atoms with E-state index in [4.69, 9.17) is 4.74 Å². The molecule has 2 heterocycles. The summed E-state index contributed by atoms with van der Waals surface area (Å²) in [6.07, 6.45) is 4.70. The molecule has 1 N–H and O–H groups in total. The third-order valence-corrected chi connectivity index (χ3v) is 7.36. The number of aliphatic hydroxyl groups excluding tert-OH is 1. The summed E-state index contributed by atoms with van der Waals surface area (Å²) in [4.78, 5) is 19.0. The van der Waals surface area contributed by atoms with E-state index in [9.17, 15) is 9.90 Å². The number of aliphatic hydroxyl groups is 1. The second kappa shape index (κ2) is 13.1. The number of carbonyl (C=O) groups is 1. The maximum Gasteiger partial charge on any atom is 0.237 e. The molecule has 1 aliphatic heterocycles. The van der Waals surface area contributed by atoms with E-state index < -0.39 is 6.10 Å². The van der Waals surface area contributed by atoms with Crippen LogP contribution in [0.25, 0.3) is 0 Å². The van der Waals surface area contributed by atoms with Crippen molar-refractivity contribution in [3.8, 4) is 5.75 Å². The molecule has 0 bridgehead atoms. The minimum Gasteiger partial charge on any atom is -0.491 e. The van der Waals surface area contributed by atoms with E-state index in [1.54, 1.807) is 11.3 Å². The Labute approximate surface area is 209 Å². The number of allylic oxidation sites excluding steroid dienone is 1. The third-order valence-electron chi connectivity index (χ3n) is 6.37. The van der Waals surface area contributed by atoms with Crippen LogP contribution in [0.15, 0.2) is 48.4 Å². The van der Waals surface area contributed by atoms with Crippen molar-refractivity contribution in [1.82, 2.24) is 9.80 Å². The van der Waals surface area contributed by atoms with Crippen molar-refractivity contribution in [2.24, 2.45) is 5.92 Å². The summed E-state index contributed by atoms with van der Waals surface area (Å²) in [6.45, 7) is 12.9. The molecule has 0 unspecified atom stereocenters. The maximum atomic E-state index is 13.6. The van der Waals surface area contributed by atoms with Crippen LogP contribution in [0.4, 0.5) is 0 Å². The quantitative estimate of drug-likeness (QED) is 0.395. The molecule has 1 aliphatic rings. The predicted octanol–water partition coefficient (Wildman–Crippen LogP) is 5.24. The van der Waals surface area contributed by atoms with Crippen LogP contribution in [-0.4, -0.2) is 59.7 Å². The Bertz CT molecular complexity index is 926. The Morgan fingerprint density at radius 2 is 2.18 bits per heavy atom. The molecule has 2 aromatic rings. The van der Waals surface area contributed by atoms with Gasteiger partial charge >= 0.3 is 0 Å². The normalized spacial score (nSPS) is 16.5. The Balaban J connectivity index is 1.71. The second-order valence-corrected chi connectivity index (χ2v) is 10.7. The number of nitrogens with zero attached hydrogens (tertiary/aromatic N) is 2. The molecule has 1 aromatic carbocycles. The van der Waals surface area contributed by atoms with E-state index in [1.807, 2.05) is 29.2 Å². The first-order valence-electron chi connectivity index (χ1n) is 12.4. The van der Waals surface area contributed by atoms with Gasteiger partial charge in [-0.2, -0.15) is 0 Å². The highest BCUT2D eigenvalue weighted by Gasteiger charge is 2.33. The smallest absolute Gasteiger partial charge is 0.237 e. The molecule has 186 valence electrons. The molecule has 1 aromatic heterocycles. The summed E-state index contributed by atoms with van der Waals surface area (Å²) < 4.78 is 6.17. The average Bonchev–Trinajstić information content (AvgIpc) is 3.28. The van der Waals surface area contributed by atoms with Gasteiger partial charge in [-0.15, -0.1) is 17.9 Å². The number of fused-ring (bicyclic) bond motifs is 1. The number of thiophene rings is 1. The zero-order chi connectivity index (χ0) is 24.5. The number of ether oxygens (including phenoxy) is 1. The van der Waals surface area contributed by atoms with E-state index in [-0.39, 0.29) is 11.9 Å². The van der Waals surface area contributed by atoms with Crippen LogP contribution in [0.3, 0.4) is 0 Å². The van der Waals surface area contributed by atoms with Crippen molar-refractivity contribution in [2.75, 3.05) is 32.8 Å². The van der Waals surface area contributed by atoms with Crippen molar-refractivity contribution in [3.63, 3.8) is 0 Å². The number of amides is 1. The minimum absolute atomic E-state index is 0.0966. The number of benzene rings is 1. The van der Waals surface area contributed by atoms with Gasteiger partial charge in [-0.3, -0.25) is 9.69 Å². The number of hydrogen-bond acceptors (Lipinski definition) is 5. The SMILES string of the molecule is C=CCC[C@@H](O)CN(CCC(C)C)CC(=O)N1CCc2sccc2[C@@H]1COc1cccc(C)c1. The topological polar surface area (TPSA) is 53.0 Å². The summed E-state index contributed by atoms with van der Waals surface area (Å²) in [6, 6.07) is 10.1. The summed E-state index contributed by atoms with van der Waals surface area (Å²) >= 11 is 1.76. The molecule has 0 aliphatic carbocycles. The molecule has 0 saturated heterocycles. The fraction of sp³-hybridized carbons (Fsp3) is 0.536. The molecule has 0 saturated carbocycles. The largest absolute Gasteiger partial charge is 0.491 e. The average molecular weight is 485 g/mol. The first-order chi connectivity index (χ1) is 16.4. The zero-order valence-electron chi connectivity index (χ0n) is 20.9. The molecule has 1 amide bonds. The number of aryl methyl sites for hydroxylation is 1. The molecule has 0 fully saturated rings. The van der Waals surface area contributed by atoms with Crippen LogP contribution in [-0.2, 0) is 11.2 Å². The Morgan fingerprint density at radius 3 is 2.91 bits per heavy atom. The highest BCUT2D eigenvalue weighted by atomic mass is 32.1. The molecular weight excluding hydrogens is 444 g/mol. The van der Waals surface area contributed by atoms with Gasteiger partial charge in [-0.1, -0.05) is 32.1 Å². The van der Waals surface area contributed by atoms with Crippen LogP contribution in [0.5, 0.6) is 5.75 Å². The summed E-state index contributed by atoms with van der Waals surface area (Å²) in [5.41, 5.74) is 2.36. The van der Waals surface area contributed by atoms with Gasteiger partial charge in [0, 0.05) is 18.0 Å². The number of hydrogen-bond donors (Lipinski definition) is 1. The molecule has 0 radical (unpaired) electrons. The number of rotatable bonds is 13. The van der Waals surface area contributed by atoms with Gasteiger partial charge in [0.2, 0.25) is 5.91 Å². The van der Waals surface area contributed by atoms with Gasteiger partial charge in [0.1, 0.15) is 12.4 Å². The van der Waals surface area contributed by atoms with Crippen molar-refractivity contribution >= 4 is 17.2 Å². The van der Waals surface area contributed by atoms with Gasteiger partial charge in [-0.05, 0) is 79.8 Å². The first kappa shape index (κ1) is 26.5. The van der Waals surface area contributed by atoms with E-state index in [0.29, 0.717) is 38.6 Å². The van der Waals surface area contributed by atoms with Gasteiger partial charge < -0.3 is 14.7 Å². The number of carbonyl (C=O) groups excluding carboxylic acids is 1. The Hall–Kier alpha value is -2.15. The lowest BCUT2D eigenvalue weighted by Crippen LogP contribution is -2.48. The van der Waals surface area contributed by atoms with Crippen molar-refractivity contribution in [2.45, 2.75) is 58.6 Å². The monoisotopic (exact) mass is 484 g/mol. The summed E-state index contributed by atoms with van der Waals surface area (Å²) in [7, 11) is 0.